The normalized spacial score (nSPS) is 18.3. The molecule has 1 fully saturated rings. The van der Waals surface area contributed by atoms with Gasteiger partial charge in [-0.3, -0.25) is 9.59 Å². The van der Waals surface area contributed by atoms with Gasteiger partial charge >= 0.3 is 0 Å². The number of anilines is 1. The predicted molar refractivity (Wildman–Crippen MR) is 105 cm³/mol. The van der Waals surface area contributed by atoms with E-state index < -0.39 is 0 Å². The van der Waals surface area contributed by atoms with Crippen LogP contribution in [0.15, 0.2) is 41.1 Å². The fourth-order valence-electron chi connectivity index (χ4n) is 4.04. The van der Waals surface area contributed by atoms with E-state index in [1.54, 1.807) is 11.3 Å². The molecule has 0 bridgehead atoms. The number of thiophene rings is 1. The summed E-state index contributed by atoms with van der Waals surface area (Å²) in [5.74, 6) is 0.354. The Kier molecular flexibility index (Phi) is 5.07. The summed E-state index contributed by atoms with van der Waals surface area (Å²) >= 11 is 1.54. The van der Waals surface area contributed by atoms with Gasteiger partial charge in [-0.05, 0) is 55.2 Å². The summed E-state index contributed by atoms with van der Waals surface area (Å²) in [7, 11) is 0. The highest BCUT2D eigenvalue weighted by Crippen LogP contribution is 2.30. The van der Waals surface area contributed by atoms with Crippen molar-refractivity contribution in [2.75, 3.05) is 24.5 Å². The van der Waals surface area contributed by atoms with Crippen LogP contribution in [0.25, 0.3) is 0 Å². The fraction of sp³-hybridized carbons (Fsp3) is 0.429. The van der Waals surface area contributed by atoms with Crippen LogP contribution in [0.4, 0.5) is 5.69 Å². The average Bonchev–Trinajstić information content (AvgIpc) is 3.14. The number of fused-ring (bicyclic) bond motifs is 1. The SMILES string of the molecule is O=C(c1ccsc1)N1CCC(C(=O)N2CCCCc3ccccc32)CC1. The Morgan fingerprint density at radius 2 is 1.81 bits per heavy atom. The van der Waals surface area contributed by atoms with Crippen LogP contribution in [-0.2, 0) is 11.2 Å². The fourth-order valence-corrected chi connectivity index (χ4v) is 4.67. The molecule has 1 aromatic carbocycles. The molecule has 0 saturated carbocycles. The molecular weight excluding hydrogens is 344 g/mol. The second kappa shape index (κ2) is 7.62. The summed E-state index contributed by atoms with van der Waals surface area (Å²) < 4.78 is 0. The van der Waals surface area contributed by atoms with E-state index in [0.29, 0.717) is 13.1 Å². The Balaban J connectivity index is 1.43. The van der Waals surface area contributed by atoms with Gasteiger partial charge in [0.1, 0.15) is 0 Å². The largest absolute Gasteiger partial charge is 0.339 e. The van der Waals surface area contributed by atoms with Crippen LogP contribution in [-0.4, -0.2) is 36.3 Å². The van der Waals surface area contributed by atoms with Crippen molar-refractivity contribution in [3.05, 3.63) is 52.2 Å². The number of hydrogen-bond donors (Lipinski definition) is 0. The van der Waals surface area contributed by atoms with Crippen molar-refractivity contribution in [1.82, 2.24) is 4.90 Å². The standard InChI is InChI=1S/C21H24N2O2S/c24-20(18-10-14-26-15-18)22-12-8-17(9-13-22)21(25)23-11-4-3-6-16-5-1-2-7-19(16)23/h1-2,5,7,10,14-15,17H,3-4,6,8-9,11-13H2. The van der Waals surface area contributed by atoms with E-state index in [2.05, 4.69) is 18.2 Å². The number of nitrogens with zero attached hydrogens (tertiary/aromatic N) is 2. The van der Waals surface area contributed by atoms with E-state index >= 15 is 0 Å². The summed E-state index contributed by atoms with van der Waals surface area (Å²) in [4.78, 5) is 29.6. The first-order chi connectivity index (χ1) is 12.7. The molecule has 2 aromatic rings. The summed E-state index contributed by atoms with van der Waals surface area (Å²) in [6, 6.07) is 10.2. The zero-order chi connectivity index (χ0) is 17.9. The van der Waals surface area contributed by atoms with Gasteiger partial charge in [0.05, 0.1) is 5.56 Å². The van der Waals surface area contributed by atoms with Crippen molar-refractivity contribution in [3.63, 3.8) is 0 Å². The summed E-state index contributed by atoms with van der Waals surface area (Å²) in [6.45, 7) is 2.14. The molecule has 1 aromatic heterocycles. The lowest BCUT2D eigenvalue weighted by atomic mass is 9.94. The molecule has 0 N–H and O–H groups in total. The second-order valence-corrected chi connectivity index (χ2v) is 7.93. The van der Waals surface area contributed by atoms with Crippen molar-refractivity contribution in [2.24, 2.45) is 5.92 Å². The molecule has 0 radical (unpaired) electrons. The van der Waals surface area contributed by atoms with Crippen LogP contribution in [0.2, 0.25) is 0 Å². The number of carbonyl (C=O) groups excluding carboxylic acids is 2. The summed E-state index contributed by atoms with van der Waals surface area (Å²) in [6.07, 6.45) is 4.75. The number of likely N-dealkylation sites (tertiary alicyclic amines) is 1. The smallest absolute Gasteiger partial charge is 0.254 e. The zero-order valence-electron chi connectivity index (χ0n) is 14.9. The Labute approximate surface area is 158 Å². The molecule has 2 amide bonds. The maximum absolute atomic E-state index is 13.2. The number of aryl methyl sites for hydroxylation is 1. The van der Waals surface area contributed by atoms with Gasteiger partial charge in [0.25, 0.3) is 5.91 Å². The van der Waals surface area contributed by atoms with E-state index in [4.69, 9.17) is 0 Å². The van der Waals surface area contributed by atoms with Gasteiger partial charge in [-0.1, -0.05) is 18.2 Å². The average molecular weight is 369 g/mol. The molecule has 0 atom stereocenters. The second-order valence-electron chi connectivity index (χ2n) is 7.15. The lowest BCUT2D eigenvalue weighted by Crippen LogP contribution is -2.44. The highest BCUT2D eigenvalue weighted by molar-refractivity contribution is 7.08. The Morgan fingerprint density at radius 3 is 2.58 bits per heavy atom. The Hall–Kier alpha value is -2.14. The zero-order valence-corrected chi connectivity index (χ0v) is 15.7. The molecule has 2 aliphatic heterocycles. The minimum absolute atomic E-state index is 0.0210. The van der Waals surface area contributed by atoms with E-state index in [1.165, 1.54) is 5.56 Å². The number of benzene rings is 1. The maximum Gasteiger partial charge on any atom is 0.254 e. The first kappa shape index (κ1) is 17.3. The minimum Gasteiger partial charge on any atom is -0.339 e. The highest BCUT2D eigenvalue weighted by atomic mass is 32.1. The maximum atomic E-state index is 13.2. The van der Waals surface area contributed by atoms with Crippen molar-refractivity contribution >= 4 is 28.8 Å². The van der Waals surface area contributed by atoms with Crippen LogP contribution >= 0.6 is 11.3 Å². The van der Waals surface area contributed by atoms with Gasteiger partial charge in [0.15, 0.2) is 0 Å². The first-order valence-electron chi connectivity index (χ1n) is 9.45. The molecule has 26 heavy (non-hydrogen) atoms. The highest BCUT2D eigenvalue weighted by Gasteiger charge is 2.32. The van der Waals surface area contributed by atoms with Gasteiger partial charge in [-0.2, -0.15) is 11.3 Å². The number of rotatable bonds is 2. The molecule has 4 nitrogen and oxygen atoms in total. The van der Waals surface area contributed by atoms with Crippen molar-refractivity contribution in [2.45, 2.75) is 32.1 Å². The monoisotopic (exact) mass is 368 g/mol. The van der Waals surface area contributed by atoms with Crippen LogP contribution in [0.5, 0.6) is 0 Å². The third-order valence-corrected chi connectivity index (χ3v) is 6.21. The van der Waals surface area contributed by atoms with Crippen molar-refractivity contribution in [3.8, 4) is 0 Å². The molecule has 0 aliphatic carbocycles. The summed E-state index contributed by atoms with van der Waals surface area (Å²) in [5.41, 5.74) is 3.14. The van der Waals surface area contributed by atoms with Gasteiger partial charge in [0, 0.05) is 36.6 Å². The van der Waals surface area contributed by atoms with E-state index in [-0.39, 0.29) is 17.7 Å². The van der Waals surface area contributed by atoms with Crippen LogP contribution in [0.1, 0.15) is 41.6 Å². The van der Waals surface area contributed by atoms with Crippen LogP contribution < -0.4 is 4.90 Å². The predicted octanol–water partition coefficient (Wildman–Crippen LogP) is 3.97. The molecule has 2 aliphatic rings. The molecular formula is C21H24N2O2S. The molecule has 0 spiro atoms. The number of piperidine rings is 1. The van der Waals surface area contributed by atoms with Crippen LogP contribution in [0.3, 0.4) is 0 Å². The van der Waals surface area contributed by atoms with Gasteiger partial charge < -0.3 is 9.80 Å². The van der Waals surface area contributed by atoms with Gasteiger partial charge in [-0.25, -0.2) is 0 Å². The summed E-state index contributed by atoms with van der Waals surface area (Å²) in [5, 5.41) is 3.83. The first-order valence-corrected chi connectivity index (χ1v) is 10.4. The number of para-hydroxylation sites is 1. The third-order valence-electron chi connectivity index (χ3n) is 5.53. The Morgan fingerprint density at radius 1 is 1.00 bits per heavy atom. The van der Waals surface area contributed by atoms with Gasteiger partial charge in [-0.15, -0.1) is 0 Å². The molecule has 0 unspecified atom stereocenters. The van der Waals surface area contributed by atoms with Crippen molar-refractivity contribution < 1.29 is 9.59 Å². The third kappa shape index (κ3) is 3.40. The molecule has 136 valence electrons. The molecule has 1 saturated heterocycles. The lowest BCUT2D eigenvalue weighted by Gasteiger charge is -2.34. The number of amides is 2. The molecule has 5 heteroatoms. The van der Waals surface area contributed by atoms with E-state index in [1.807, 2.05) is 32.7 Å². The number of carbonyl (C=O) groups is 2. The van der Waals surface area contributed by atoms with Crippen molar-refractivity contribution in [1.29, 1.82) is 0 Å². The molecule has 3 heterocycles. The van der Waals surface area contributed by atoms with Gasteiger partial charge in [0.2, 0.25) is 5.91 Å². The Bertz CT molecular complexity index is 779. The van der Waals surface area contributed by atoms with E-state index in [9.17, 15) is 9.59 Å². The quantitative estimate of drug-likeness (QED) is 0.805. The minimum atomic E-state index is 0.0210. The molecule has 4 rings (SSSR count). The topological polar surface area (TPSA) is 40.6 Å². The number of hydrogen-bond acceptors (Lipinski definition) is 3. The van der Waals surface area contributed by atoms with E-state index in [0.717, 1.165) is 49.9 Å². The van der Waals surface area contributed by atoms with Crippen LogP contribution in [0, 0.1) is 5.92 Å². The lowest BCUT2D eigenvalue weighted by molar-refractivity contribution is -0.123.